The van der Waals surface area contributed by atoms with E-state index in [1.165, 1.54) is 6.21 Å². The van der Waals surface area contributed by atoms with Crippen LogP contribution in [0.5, 0.6) is 5.75 Å². The molecule has 0 aromatic heterocycles. The summed E-state index contributed by atoms with van der Waals surface area (Å²) in [5.74, 6) is -0.194. The van der Waals surface area contributed by atoms with Crippen molar-refractivity contribution in [2.75, 3.05) is 0 Å². The van der Waals surface area contributed by atoms with Crippen molar-refractivity contribution in [2.45, 2.75) is 0 Å². The summed E-state index contributed by atoms with van der Waals surface area (Å²) in [6, 6.07) is 10.5. The predicted molar refractivity (Wildman–Crippen MR) is 92.7 cm³/mol. The number of amides is 1. The summed E-state index contributed by atoms with van der Waals surface area (Å²) in [5.41, 5.74) is 3.67. The van der Waals surface area contributed by atoms with Gasteiger partial charge < -0.3 is 5.11 Å². The minimum absolute atomic E-state index is 0.115. The fourth-order valence-electron chi connectivity index (χ4n) is 1.53. The summed E-state index contributed by atoms with van der Waals surface area (Å²) in [6.07, 6.45) is 1.49. The van der Waals surface area contributed by atoms with Gasteiger partial charge >= 0.3 is 0 Å². The van der Waals surface area contributed by atoms with Crippen molar-refractivity contribution in [3.63, 3.8) is 0 Å². The molecule has 0 saturated heterocycles. The highest BCUT2D eigenvalue weighted by molar-refractivity contribution is 9.11. The Morgan fingerprint density at radius 2 is 1.71 bits per heavy atom. The molecule has 2 aromatic carbocycles. The standard InChI is InChI=1S/C14H9Br3N2O2/c15-10-4-2-1-3-9(10)14(21)19-18-7-8-5-11(16)13(20)12(17)6-8/h1-7,20H,(H,19,21)/b18-7-. The van der Waals surface area contributed by atoms with Crippen LogP contribution in [0.25, 0.3) is 0 Å². The van der Waals surface area contributed by atoms with Crippen LogP contribution < -0.4 is 5.43 Å². The minimum Gasteiger partial charge on any atom is -0.506 e. The molecule has 0 saturated carbocycles. The van der Waals surface area contributed by atoms with Gasteiger partial charge in [0.1, 0.15) is 5.75 Å². The molecule has 0 spiro atoms. The van der Waals surface area contributed by atoms with Gasteiger partial charge in [0.15, 0.2) is 0 Å². The van der Waals surface area contributed by atoms with E-state index in [-0.39, 0.29) is 11.7 Å². The topological polar surface area (TPSA) is 61.7 Å². The van der Waals surface area contributed by atoms with Crippen molar-refractivity contribution in [1.82, 2.24) is 5.43 Å². The minimum atomic E-state index is -0.310. The highest BCUT2D eigenvalue weighted by Crippen LogP contribution is 2.32. The summed E-state index contributed by atoms with van der Waals surface area (Å²) < 4.78 is 1.78. The van der Waals surface area contributed by atoms with Crippen LogP contribution in [0.1, 0.15) is 15.9 Å². The zero-order chi connectivity index (χ0) is 15.4. The molecule has 2 N–H and O–H groups in total. The molecule has 7 heteroatoms. The van der Waals surface area contributed by atoms with E-state index in [4.69, 9.17) is 0 Å². The van der Waals surface area contributed by atoms with Gasteiger partial charge in [0, 0.05) is 4.47 Å². The molecular formula is C14H9Br3N2O2. The highest BCUT2D eigenvalue weighted by atomic mass is 79.9. The lowest BCUT2D eigenvalue weighted by molar-refractivity contribution is 0.0954. The summed E-state index contributed by atoms with van der Waals surface area (Å²) in [4.78, 5) is 11.9. The van der Waals surface area contributed by atoms with Gasteiger partial charge in [-0.1, -0.05) is 12.1 Å². The van der Waals surface area contributed by atoms with E-state index < -0.39 is 0 Å². The summed E-state index contributed by atoms with van der Waals surface area (Å²) in [6.45, 7) is 0. The maximum absolute atomic E-state index is 11.9. The van der Waals surface area contributed by atoms with Gasteiger partial charge in [0.2, 0.25) is 0 Å². The largest absolute Gasteiger partial charge is 0.506 e. The quantitative estimate of drug-likeness (QED) is 0.508. The van der Waals surface area contributed by atoms with Gasteiger partial charge in [-0.2, -0.15) is 5.10 Å². The van der Waals surface area contributed by atoms with Crippen molar-refractivity contribution < 1.29 is 9.90 Å². The third-order valence-corrected chi connectivity index (χ3v) is 4.44. The average Bonchev–Trinajstić information content (AvgIpc) is 2.45. The van der Waals surface area contributed by atoms with Crippen LogP contribution >= 0.6 is 47.8 Å². The molecule has 2 aromatic rings. The Morgan fingerprint density at radius 3 is 2.33 bits per heavy atom. The molecule has 4 nitrogen and oxygen atoms in total. The maximum Gasteiger partial charge on any atom is 0.272 e. The lowest BCUT2D eigenvalue weighted by atomic mass is 10.2. The van der Waals surface area contributed by atoms with Crippen LogP contribution in [0.3, 0.4) is 0 Å². The number of nitrogens with zero attached hydrogens (tertiary/aromatic N) is 1. The second-order valence-electron chi connectivity index (χ2n) is 4.01. The third-order valence-electron chi connectivity index (χ3n) is 2.54. The van der Waals surface area contributed by atoms with E-state index in [1.54, 1.807) is 30.3 Å². The van der Waals surface area contributed by atoms with Gasteiger partial charge in [-0.15, -0.1) is 0 Å². The number of halogens is 3. The van der Waals surface area contributed by atoms with E-state index in [1.807, 2.05) is 6.07 Å². The molecule has 21 heavy (non-hydrogen) atoms. The van der Waals surface area contributed by atoms with Gasteiger partial charge in [-0.3, -0.25) is 4.79 Å². The highest BCUT2D eigenvalue weighted by Gasteiger charge is 2.08. The molecule has 0 aliphatic rings. The molecule has 0 unspecified atom stereocenters. The average molecular weight is 477 g/mol. The Kier molecular flexibility index (Phi) is 5.55. The molecule has 1 amide bonds. The number of benzene rings is 2. The zero-order valence-corrected chi connectivity index (χ0v) is 15.2. The first-order valence-corrected chi connectivity index (χ1v) is 8.13. The Balaban J connectivity index is 2.10. The van der Waals surface area contributed by atoms with E-state index in [2.05, 4.69) is 58.3 Å². The number of carbonyl (C=O) groups excluding carboxylic acids is 1. The number of phenols is 1. The molecule has 0 aliphatic carbocycles. The molecule has 108 valence electrons. The number of rotatable bonds is 3. The predicted octanol–water partition coefficient (Wildman–Crippen LogP) is 4.44. The van der Waals surface area contributed by atoms with Gasteiger partial charge in [-0.05, 0) is 77.6 Å². The molecule has 0 fully saturated rings. The fraction of sp³-hybridized carbons (Fsp3) is 0. The lowest BCUT2D eigenvalue weighted by Crippen LogP contribution is -2.18. The van der Waals surface area contributed by atoms with Crippen molar-refractivity contribution in [3.8, 4) is 5.75 Å². The summed E-state index contributed by atoms with van der Waals surface area (Å²) in [7, 11) is 0. The van der Waals surface area contributed by atoms with Gasteiger partial charge in [-0.25, -0.2) is 5.43 Å². The van der Waals surface area contributed by atoms with Crippen LogP contribution in [0.2, 0.25) is 0 Å². The monoisotopic (exact) mass is 474 g/mol. The Labute approximate surface area is 146 Å². The molecular weight excluding hydrogens is 468 g/mol. The molecule has 2 rings (SSSR count). The lowest BCUT2D eigenvalue weighted by Gasteiger charge is -2.03. The zero-order valence-electron chi connectivity index (χ0n) is 10.5. The first-order valence-electron chi connectivity index (χ1n) is 5.75. The number of hydrazone groups is 1. The summed E-state index contributed by atoms with van der Waals surface area (Å²) in [5, 5.41) is 13.5. The van der Waals surface area contributed by atoms with E-state index >= 15 is 0 Å². The van der Waals surface area contributed by atoms with E-state index in [0.29, 0.717) is 19.0 Å². The van der Waals surface area contributed by atoms with Crippen LogP contribution in [-0.4, -0.2) is 17.2 Å². The Bertz CT molecular complexity index is 694. The van der Waals surface area contributed by atoms with E-state index in [9.17, 15) is 9.90 Å². The fourth-order valence-corrected chi connectivity index (χ4v) is 3.22. The molecule has 0 atom stereocenters. The summed E-state index contributed by atoms with van der Waals surface area (Å²) >= 11 is 9.77. The smallest absolute Gasteiger partial charge is 0.272 e. The second-order valence-corrected chi connectivity index (χ2v) is 6.58. The van der Waals surface area contributed by atoms with Crippen molar-refractivity contribution in [1.29, 1.82) is 0 Å². The first-order chi connectivity index (χ1) is 9.99. The number of hydrogen-bond acceptors (Lipinski definition) is 3. The van der Waals surface area contributed by atoms with Gasteiger partial charge in [0.05, 0.1) is 20.7 Å². The van der Waals surface area contributed by atoms with Crippen LogP contribution in [0, 0.1) is 0 Å². The van der Waals surface area contributed by atoms with Crippen LogP contribution in [-0.2, 0) is 0 Å². The molecule has 0 aliphatic heterocycles. The normalized spacial score (nSPS) is 10.8. The number of phenolic OH excluding ortho intramolecular Hbond substituents is 1. The number of aromatic hydroxyl groups is 1. The SMILES string of the molecule is O=C(N/N=C\c1cc(Br)c(O)c(Br)c1)c1ccccc1Br. The second kappa shape index (κ2) is 7.20. The first kappa shape index (κ1) is 16.2. The molecule has 0 radical (unpaired) electrons. The van der Waals surface area contributed by atoms with E-state index in [0.717, 1.165) is 5.56 Å². The van der Waals surface area contributed by atoms with Crippen LogP contribution in [0.15, 0.2) is 54.9 Å². The number of nitrogens with one attached hydrogen (secondary N) is 1. The van der Waals surface area contributed by atoms with Crippen LogP contribution in [0.4, 0.5) is 0 Å². The van der Waals surface area contributed by atoms with Gasteiger partial charge in [0.25, 0.3) is 5.91 Å². The molecule has 0 bridgehead atoms. The Morgan fingerprint density at radius 1 is 1.10 bits per heavy atom. The van der Waals surface area contributed by atoms with Crippen molar-refractivity contribution >= 4 is 59.9 Å². The van der Waals surface area contributed by atoms with Crippen molar-refractivity contribution in [3.05, 3.63) is 60.9 Å². The van der Waals surface area contributed by atoms with Crippen molar-refractivity contribution in [2.24, 2.45) is 5.10 Å². The Hall–Kier alpha value is -1.18. The number of hydrogen-bond donors (Lipinski definition) is 2. The number of carbonyl (C=O) groups is 1. The third kappa shape index (κ3) is 4.15. The maximum atomic E-state index is 11.9. The molecule has 0 heterocycles.